The van der Waals surface area contributed by atoms with Gasteiger partial charge in [0.2, 0.25) is 0 Å². The molecule has 1 aliphatic rings. The Balaban J connectivity index is 1.68. The van der Waals surface area contributed by atoms with E-state index in [2.05, 4.69) is 35.7 Å². The maximum absolute atomic E-state index is 8.75. The van der Waals surface area contributed by atoms with E-state index in [9.17, 15) is 0 Å². The van der Waals surface area contributed by atoms with Gasteiger partial charge in [0.05, 0.1) is 39.4 Å². The quantitative estimate of drug-likeness (QED) is 0.771. The molecule has 0 spiro atoms. The Labute approximate surface area is 144 Å². The lowest BCUT2D eigenvalue weighted by Crippen LogP contribution is -2.39. The van der Waals surface area contributed by atoms with E-state index in [1.54, 1.807) is 13.2 Å². The van der Waals surface area contributed by atoms with Crippen molar-refractivity contribution in [2.24, 2.45) is 0 Å². The molecule has 1 aliphatic heterocycles. The van der Waals surface area contributed by atoms with Crippen molar-refractivity contribution in [2.75, 3.05) is 50.7 Å². The normalized spacial score (nSPS) is 14.6. The molecule has 10 nitrogen and oxygen atoms in total. The van der Waals surface area contributed by atoms with Crippen LogP contribution >= 0.6 is 0 Å². The number of anilines is 3. The molecule has 2 N–H and O–H groups in total. The van der Waals surface area contributed by atoms with Gasteiger partial charge < -0.3 is 20.1 Å². The molecule has 0 amide bonds. The lowest BCUT2D eigenvalue weighted by molar-refractivity contribution is 0.0414. The molecule has 3 rings (SSSR count). The summed E-state index contributed by atoms with van der Waals surface area (Å²) in [5, 5.41) is 23.2. The molecule has 0 radical (unpaired) electrons. The molecule has 10 heteroatoms. The standard InChI is InChI=1S/C15H18N8O2/c1-24-15-12(19-10-23-2-4-25-5-3-23)6-13(21-22-15)20-14-9-17-11(7-16)8-18-14/h6,8-9H,2-5,10H2,1H3,(H2,18,19,20,21). The monoisotopic (exact) mass is 342 g/mol. The van der Waals surface area contributed by atoms with Crippen LogP contribution in [0.15, 0.2) is 18.5 Å². The van der Waals surface area contributed by atoms with Gasteiger partial charge in [-0.05, 0) is 0 Å². The smallest absolute Gasteiger partial charge is 0.257 e. The number of aromatic nitrogens is 4. The highest BCUT2D eigenvalue weighted by Crippen LogP contribution is 2.24. The van der Waals surface area contributed by atoms with E-state index in [1.165, 1.54) is 12.4 Å². The van der Waals surface area contributed by atoms with Crippen LogP contribution in [-0.2, 0) is 4.74 Å². The highest BCUT2D eigenvalue weighted by Gasteiger charge is 2.13. The summed E-state index contributed by atoms with van der Waals surface area (Å²) in [7, 11) is 1.54. The molecule has 2 aromatic rings. The van der Waals surface area contributed by atoms with Crippen LogP contribution in [0.3, 0.4) is 0 Å². The largest absolute Gasteiger partial charge is 0.478 e. The second-order valence-corrected chi connectivity index (χ2v) is 5.24. The molecule has 0 atom stereocenters. The minimum atomic E-state index is 0.249. The predicted octanol–water partition coefficient (Wildman–Crippen LogP) is 0.592. The Hall–Kier alpha value is -3.03. The summed E-state index contributed by atoms with van der Waals surface area (Å²) in [5.74, 6) is 1.37. The Morgan fingerprint density at radius 1 is 1.24 bits per heavy atom. The van der Waals surface area contributed by atoms with Gasteiger partial charge in [-0.2, -0.15) is 5.26 Å². The van der Waals surface area contributed by atoms with Crippen molar-refractivity contribution in [3.8, 4) is 11.9 Å². The third kappa shape index (κ3) is 4.50. The minimum absolute atomic E-state index is 0.249. The molecule has 1 fully saturated rings. The Kier molecular flexibility index (Phi) is 5.50. The number of rotatable bonds is 6. The van der Waals surface area contributed by atoms with E-state index in [-0.39, 0.29) is 5.69 Å². The van der Waals surface area contributed by atoms with Gasteiger partial charge in [-0.3, -0.25) is 4.90 Å². The average molecular weight is 342 g/mol. The fourth-order valence-electron chi connectivity index (χ4n) is 2.26. The summed E-state index contributed by atoms with van der Waals surface area (Å²) in [6.45, 7) is 3.87. The van der Waals surface area contributed by atoms with Gasteiger partial charge >= 0.3 is 0 Å². The third-order valence-corrected chi connectivity index (χ3v) is 3.57. The number of hydrogen-bond acceptors (Lipinski definition) is 10. The number of morpholine rings is 1. The van der Waals surface area contributed by atoms with E-state index in [1.807, 2.05) is 6.07 Å². The van der Waals surface area contributed by atoms with Crippen LogP contribution < -0.4 is 15.4 Å². The second kappa shape index (κ2) is 8.18. The maximum Gasteiger partial charge on any atom is 0.257 e. The number of nitrogens with zero attached hydrogens (tertiary/aromatic N) is 6. The van der Waals surface area contributed by atoms with E-state index < -0.39 is 0 Å². The molecule has 0 unspecified atom stereocenters. The van der Waals surface area contributed by atoms with Crippen molar-refractivity contribution < 1.29 is 9.47 Å². The van der Waals surface area contributed by atoms with Gasteiger partial charge in [0, 0.05) is 19.2 Å². The molecule has 25 heavy (non-hydrogen) atoms. The van der Waals surface area contributed by atoms with Crippen LogP contribution in [0.4, 0.5) is 17.3 Å². The van der Waals surface area contributed by atoms with Crippen LogP contribution in [0.5, 0.6) is 5.88 Å². The summed E-state index contributed by atoms with van der Waals surface area (Å²) in [5.41, 5.74) is 0.965. The van der Waals surface area contributed by atoms with Crippen molar-refractivity contribution >= 4 is 17.3 Å². The number of methoxy groups -OCH3 is 1. The number of nitrogens with one attached hydrogen (secondary N) is 2. The molecule has 0 bridgehead atoms. The molecule has 0 aliphatic carbocycles. The average Bonchev–Trinajstić information content (AvgIpc) is 2.68. The number of nitriles is 1. The summed E-state index contributed by atoms with van der Waals surface area (Å²) in [4.78, 5) is 10.3. The van der Waals surface area contributed by atoms with Crippen LogP contribution in [0.1, 0.15) is 5.69 Å². The summed E-state index contributed by atoms with van der Waals surface area (Å²) >= 11 is 0. The van der Waals surface area contributed by atoms with Crippen LogP contribution in [0, 0.1) is 11.3 Å². The molecule has 0 saturated carbocycles. The number of hydrogen-bond donors (Lipinski definition) is 2. The third-order valence-electron chi connectivity index (χ3n) is 3.57. The lowest BCUT2D eigenvalue weighted by atomic mass is 10.4. The Morgan fingerprint density at radius 2 is 2.08 bits per heavy atom. The highest BCUT2D eigenvalue weighted by molar-refractivity contribution is 5.61. The highest BCUT2D eigenvalue weighted by atomic mass is 16.5. The number of ether oxygens (including phenoxy) is 2. The topological polar surface area (TPSA) is 121 Å². The van der Waals surface area contributed by atoms with Crippen LogP contribution in [-0.4, -0.2) is 65.1 Å². The van der Waals surface area contributed by atoms with Crippen molar-refractivity contribution in [1.29, 1.82) is 5.26 Å². The second-order valence-electron chi connectivity index (χ2n) is 5.24. The summed E-state index contributed by atoms with van der Waals surface area (Å²) in [6.07, 6.45) is 2.85. The summed E-state index contributed by atoms with van der Waals surface area (Å²) < 4.78 is 10.6. The van der Waals surface area contributed by atoms with Crippen LogP contribution in [0.2, 0.25) is 0 Å². The molecular weight excluding hydrogens is 324 g/mol. The van der Waals surface area contributed by atoms with Crippen LogP contribution in [0.25, 0.3) is 0 Å². The molecular formula is C15H18N8O2. The van der Waals surface area contributed by atoms with Crippen molar-refractivity contribution in [1.82, 2.24) is 25.1 Å². The fourth-order valence-corrected chi connectivity index (χ4v) is 2.26. The predicted molar refractivity (Wildman–Crippen MR) is 89.5 cm³/mol. The molecule has 3 heterocycles. The van der Waals surface area contributed by atoms with Crippen molar-refractivity contribution in [3.05, 3.63) is 24.2 Å². The summed E-state index contributed by atoms with van der Waals surface area (Å²) in [6, 6.07) is 3.70. The lowest BCUT2D eigenvalue weighted by Gasteiger charge is -2.27. The van der Waals surface area contributed by atoms with Gasteiger partial charge in [-0.1, -0.05) is 0 Å². The van der Waals surface area contributed by atoms with E-state index >= 15 is 0 Å². The molecule has 2 aromatic heterocycles. The molecule has 0 aromatic carbocycles. The zero-order valence-electron chi connectivity index (χ0n) is 13.8. The van der Waals surface area contributed by atoms with Crippen molar-refractivity contribution in [2.45, 2.75) is 0 Å². The Morgan fingerprint density at radius 3 is 2.76 bits per heavy atom. The fraction of sp³-hybridized carbons (Fsp3) is 0.400. The van der Waals surface area contributed by atoms with Gasteiger partial charge in [-0.25, -0.2) is 9.97 Å². The van der Waals surface area contributed by atoms with Gasteiger partial charge in [0.25, 0.3) is 5.88 Å². The SMILES string of the molecule is COc1nnc(Nc2cnc(C#N)cn2)cc1NCN1CCOCC1. The van der Waals surface area contributed by atoms with Crippen molar-refractivity contribution in [3.63, 3.8) is 0 Å². The maximum atomic E-state index is 8.75. The first-order valence-electron chi connectivity index (χ1n) is 7.73. The molecule has 130 valence electrons. The Bertz CT molecular complexity index is 740. The zero-order chi connectivity index (χ0) is 17.5. The minimum Gasteiger partial charge on any atom is -0.478 e. The first-order chi connectivity index (χ1) is 12.3. The molecule has 1 saturated heterocycles. The van der Waals surface area contributed by atoms with E-state index in [4.69, 9.17) is 14.7 Å². The first-order valence-corrected chi connectivity index (χ1v) is 7.73. The van der Waals surface area contributed by atoms with Gasteiger partial charge in [0.15, 0.2) is 11.5 Å². The van der Waals surface area contributed by atoms with E-state index in [0.29, 0.717) is 29.9 Å². The van der Waals surface area contributed by atoms with Gasteiger partial charge in [-0.15, -0.1) is 10.2 Å². The van der Waals surface area contributed by atoms with E-state index in [0.717, 1.165) is 26.3 Å². The van der Waals surface area contributed by atoms with Gasteiger partial charge in [0.1, 0.15) is 17.6 Å². The first kappa shape index (κ1) is 16.8. The zero-order valence-corrected chi connectivity index (χ0v) is 13.8.